The van der Waals surface area contributed by atoms with Crippen molar-refractivity contribution in [2.24, 2.45) is 0 Å². The summed E-state index contributed by atoms with van der Waals surface area (Å²) in [7, 11) is 0. The molecule has 0 aliphatic rings. The standard InChI is InChI=1S/C6H7NOS3/c1-9-5-4(3-8)6(10-2)11-7-5/h3H,1-2H3. The summed E-state index contributed by atoms with van der Waals surface area (Å²) in [6.07, 6.45) is 4.75. The second kappa shape index (κ2) is 4.13. The number of thioether (sulfide) groups is 2. The molecule has 1 rings (SSSR count). The van der Waals surface area contributed by atoms with E-state index >= 15 is 0 Å². The lowest BCUT2D eigenvalue weighted by molar-refractivity contribution is 0.111. The van der Waals surface area contributed by atoms with E-state index in [0.29, 0.717) is 0 Å². The maximum absolute atomic E-state index is 10.6. The minimum absolute atomic E-state index is 0.745. The van der Waals surface area contributed by atoms with Crippen LogP contribution in [0.3, 0.4) is 0 Å². The zero-order valence-electron chi connectivity index (χ0n) is 6.16. The molecule has 1 aromatic heterocycles. The van der Waals surface area contributed by atoms with Crippen LogP contribution >= 0.6 is 35.1 Å². The number of aldehydes is 1. The van der Waals surface area contributed by atoms with Crippen molar-refractivity contribution in [3.05, 3.63) is 5.56 Å². The molecule has 0 spiro atoms. The number of hydrogen-bond donors (Lipinski definition) is 0. The fourth-order valence-electron chi connectivity index (χ4n) is 0.662. The van der Waals surface area contributed by atoms with Gasteiger partial charge in [0, 0.05) is 0 Å². The fraction of sp³-hybridized carbons (Fsp3) is 0.333. The van der Waals surface area contributed by atoms with Gasteiger partial charge in [-0.2, -0.15) is 4.37 Å². The van der Waals surface area contributed by atoms with Crippen LogP contribution in [0.4, 0.5) is 0 Å². The Bertz CT molecular complexity index is 237. The fourth-order valence-corrected chi connectivity index (χ4v) is 2.85. The lowest BCUT2D eigenvalue weighted by Crippen LogP contribution is -1.80. The molecular weight excluding hydrogens is 198 g/mol. The van der Waals surface area contributed by atoms with Gasteiger partial charge in [-0.25, -0.2) is 0 Å². The third-order valence-corrected chi connectivity index (χ3v) is 3.95. The van der Waals surface area contributed by atoms with Gasteiger partial charge in [-0.05, 0) is 24.0 Å². The molecule has 0 saturated heterocycles. The first-order chi connectivity index (χ1) is 5.33. The Kier molecular flexibility index (Phi) is 3.42. The molecular formula is C6H7NOS3. The van der Waals surface area contributed by atoms with E-state index < -0.39 is 0 Å². The van der Waals surface area contributed by atoms with Crippen LogP contribution in [-0.4, -0.2) is 23.2 Å². The summed E-state index contributed by atoms with van der Waals surface area (Å²) in [5.74, 6) is 0. The normalized spacial score (nSPS) is 10.0. The molecule has 60 valence electrons. The van der Waals surface area contributed by atoms with Crippen LogP contribution in [0.25, 0.3) is 0 Å². The summed E-state index contributed by atoms with van der Waals surface area (Å²) in [4.78, 5) is 10.6. The summed E-state index contributed by atoms with van der Waals surface area (Å²) in [5, 5.41) is 0.842. The molecule has 0 aliphatic heterocycles. The zero-order valence-corrected chi connectivity index (χ0v) is 8.61. The van der Waals surface area contributed by atoms with Crippen LogP contribution in [0.5, 0.6) is 0 Å². The predicted octanol–water partition coefficient (Wildman–Crippen LogP) is 2.40. The molecule has 11 heavy (non-hydrogen) atoms. The highest BCUT2D eigenvalue weighted by molar-refractivity contribution is 8.01. The Morgan fingerprint density at radius 1 is 1.45 bits per heavy atom. The molecule has 0 aromatic carbocycles. The average Bonchev–Trinajstić information content (AvgIpc) is 2.45. The Balaban J connectivity index is 3.08. The maximum Gasteiger partial charge on any atom is 0.154 e. The smallest absolute Gasteiger partial charge is 0.154 e. The Morgan fingerprint density at radius 3 is 2.64 bits per heavy atom. The Hall–Kier alpha value is -0.0000000000000000555. The SMILES string of the molecule is CSc1nsc(SC)c1C=O. The zero-order chi connectivity index (χ0) is 8.27. The number of hydrogen-bond acceptors (Lipinski definition) is 5. The molecule has 0 radical (unpaired) electrons. The number of carbonyl (C=O) groups excluding carboxylic acids is 1. The highest BCUT2D eigenvalue weighted by Crippen LogP contribution is 2.30. The van der Waals surface area contributed by atoms with Gasteiger partial charge in [-0.3, -0.25) is 4.79 Å². The van der Waals surface area contributed by atoms with Crippen LogP contribution in [0.15, 0.2) is 9.24 Å². The number of rotatable bonds is 3. The number of carbonyl (C=O) groups is 1. The highest BCUT2D eigenvalue weighted by atomic mass is 32.2. The molecule has 0 N–H and O–H groups in total. The predicted molar refractivity (Wildman–Crippen MR) is 51.1 cm³/mol. The second-order valence-corrected chi connectivity index (χ2v) is 4.36. The van der Waals surface area contributed by atoms with E-state index in [1.54, 1.807) is 11.8 Å². The molecule has 1 aromatic rings. The molecule has 0 amide bonds. The van der Waals surface area contributed by atoms with Crippen molar-refractivity contribution in [3.8, 4) is 0 Å². The number of aromatic nitrogens is 1. The van der Waals surface area contributed by atoms with Crippen molar-refractivity contribution in [3.63, 3.8) is 0 Å². The molecule has 1 heterocycles. The summed E-state index contributed by atoms with van der Waals surface area (Å²) < 4.78 is 5.13. The molecule has 0 saturated carbocycles. The van der Waals surface area contributed by atoms with Crippen molar-refractivity contribution in [1.29, 1.82) is 0 Å². The van der Waals surface area contributed by atoms with Crippen LogP contribution in [-0.2, 0) is 0 Å². The van der Waals surface area contributed by atoms with Crippen LogP contribution in [0, 0.1) is 0 Å². The summed E-state index contributed by atoms with van der Waals surface area (Å²) in [6.45, 7) is 0. The molecule has 5 heteroatoms. The summed E-state index contributed by atoms with van der Waals surface area (Å²) >= 11 is 4.46. The highest BCUT2D eigenvalue weighted by Gasteiger charge is 2.10. The average molecular weight is 205 g/mol. The van der Waals surface area contributed by atoms with Gasteiger partial charge in [0.05, 0.1) is 9.77 Å². The van der Waals surface area contributed by atoms with Gasteiger partial charge in [0.25, 0.3) is 0 Å². The number of nitrogens with zero attached hydrogens (tertiary/aromatic N) is 1. The van der Waals surface area contributed by atoms with E-state index in [2.05, 4.69) is 4.37 Å². The molecule has 0 bridgehead atoms. The molecule has 0 aliphatic carbocycles. The van der Waals surface area contributed by atoms with E-state index in [0.717, 1.165) is 21.1 Å². The van der Waals surface area contributed by atoms with Gasteiger partial charge >= 0.3 is 0 Å². The third kappa shape index (κ3) is 1.77. The second-order valence-electron chi connectivity index (χ2n) is 1.71. The molecule has 0 unspecified atom stereocenters. The first-order valence-electron chi connectivity index (χ1n) is 2.86. The molecule has 0 atom stereocenters. The van der Waals surface area contributed by atoms with Gasteiger partial charge in [-0.1, -0.05) is 0 Å². The Morgan fingerprint density at radius 2 is 2.18 bits per heavy atom. The molecule has 2 nitrogen and oxygen atoms in total. The van der Waals surface area contributed by atoms with E-state index in [4.69, 9.17) is 0 Å². The van der Waals surface area contributed by atoms with Crippen molar-refractivity contribution >= 4 is 41.3 Å². The van der Waals surface area contributed by atoms with Crippen molar-refractivity contribution in [2.75, 3.05) is 12.5 Å². The lowest BCUT2D eigenvalue weighted by Gasteiger charge is -1.90. The minimum Gasteiger partial charge on any atom is -0.298 e. The van der Waals surface area contributed by atoms with Crippen LogP contribution in [0.1, 0.15) is 10.4 Å². The van der Waals surface area contributed by atoms with Gasteiger partial charge in [0.2, 0.25) is 0 Å². The van der Waals surface area contributed by atoms with Crippen molar-refractivity contribution in [1.82, 2.24) is 4.37 Å². The van der Waals surface area contributed by atoms with E-state index in [1.165, 1.54) is 23.3 Å². The van der Waals surface area contributed by atoms with Gasteiger partial charge in [0.1, 0.15) is 5.03 Å². The first kappa shape index (κ1) is 9.09. The third-order valence-electron chi connectivity index (χ3n) is 1.16. The largest absolute Gasteiger partial charge is 0.298 e. The van der Waals surface area contributed by atoms with Gasteiger partial charge < -0.3 is 0 Å². The van der Waals surface area contributed by atoms with Crippen LogP contribution < -0.4 is 0 Å². The van der Waals surface area contributed by atoms with Gasteiger partial charge in [-0.15, -0.1) is 23.5 Å². The van der Waals surface area contributed by atoms with E-state index in [9.17, 15) is 4.79 Å². The lowest BCUT2D eigenvalue weighted by atomic mass is 10.4. The summed E-state index contributed by atoms with van der Waals surface area (Å²) in [5.41, 5.74) is 0.745. The van der Waals surface area contributed by atoms with Gasteiger partial charge in [0.15, 0.2) is 6.29 Å². The summed E-state index contributed by atoms with van der Waals surface area (Å²) in [6, 6.07) is 0. The monoisotopic (exact) mass is 205 g/mol. The maximum atomic E-state index is 10.6. The van der Waals surface area contributed by atoms with Crippen molar-refractivity contribution < 1.29 is 4.79 Å². The molecule has 0 fully saturated rings. The first-order valence-corrected chi connectivity index (χ1v) is 6.08. The quantitative estimate of drug-likeness (QED) is 0.560. The van der Waals surface area contributed by atoms with Crippen molar-refractivity contribution in [2.45, 2.75) is 9.24 Å². The Labute approximate surface area is 77.9 Å². The van der Waals surface area contributed by atoms with E-state index in [1.807, 2.05) is 12.5 Å². The van der Waals surface area contributed by atoms with E-state index in [-0.39, 0.29) is 0 Å². The topological polar surface area (TPSA) is 30.0 Å². The minimum atomic E-state index is 0.745. The van der Waals surface area contributed by atoms with Crippen LogP contribution in [0.2, 0.25) is 0 Å².